The standard InChI is InChI=1S/C18H22N4O3/c1-18(2,24)17(23)22-10-5-13(6-11-22)15-16(21-9-8-20-15)25-14-4-3-7-19-12-14/h3-4,7-9,12-13,24H,5-6,10-11H2,1-2H3. The molecule has 2 aromatic heterocycles. The first-order valence-electron chi connectivity index (χ1n) is 8.35. The van der Waals surface area contributed by atoms with Gasteiger partial charge in [0.1, 0.15) is 17.0 Å². The number of carbonyl (C=O) groups is 1. The van der Waals surface area contributed by atoms with Crippen LogP contribution in [0.4, 0.5) is 0 Å². The van der Waals surface area contributed by atoms with E-state index in [2.05, 4.69) is 15.0 Å². The van der Waals surface area contributed by atoms with E-state index in [0.717, 1.165) is 18.5 Å². The number of hydrogen-bond acceptors (Lipinski definition) is 6. The van der Waals surface area contributed by atoms with Crippen LogP contribution in [0.5, 0.6) is 11.6 Å². The Morgan fingerprint density at radius 2 is 1.96 bits per heavy atom. The zero-order valence-corrected chi connectivity index (χ0v) is 14.4. The van der Waals surface area contributed by atoms with E-state index in [1.165, 1.54) is 13.8 Å². The number of aromatic nitrogens is 3. The van der Waals surface area contributed by atoms with Crippen molar-refractivity contribution < 1.29 is 14.6 Å². The quantitative estimate of drug-likeness (QED) is 0.916. The van der Waals surface area contributed by atoms with Crippen LogP contribution < -0.4 is 4.74 Å². The van der Waals surface area contributed by atoms with Gasteiger partial charge in [0.2, 0.25) is 5.88 Å². The molecule has 7 heteroatoms. The lowest BCUT2D eigenvalue weighted by Crippen LogP contribution is -2.48. The van der Waals surface area contributed by atoms with Crippen molar-refractivity contribution in [3.63, 3.8) is 0 Å². The number of aliphatic hydroxyl groups is 1. The summed E-state index contributed by atoms with van der Waals surface area (Å²) in [5.41, 5.74) is -0.546. The molecule has 0 atom stereocenters. The third-order valence-corrected chi connectivity index (χ3v) is 4.23. The summed E-state index contributed by atoms with van der Waals surface area (Å²) in [7, 11) is 0. The number of hydrogen-bond donors (Lipinski definition) is 1. The van der Waals surface area contributed by atoms with Crippen molar-refractivity contribution in [3.05, 3.63) is 42.6 Å². The first-order valence-corrected chi connectivity index (χ1v) is 8.35. The Bertz CT molecular complexity index is 723. The second-order valence-electron chi connectivity index (χ2n) is 6.66. The van der Waals surface area contributed by atoms with E-state index in [9.17, 15) is 9.90 Å². The van der Waals surface area contributed by atoms with Crippen molar-refractivity contribution in [1.82, 2.24) is 19.9 Å². The molecule has 1 fully saturated rings. The van der Waals surface area contributed by atoms with Gasteiger partial charge in [0.25, 0.3) is 5.91 Å². The minimum atomic E-state index is -1.34. The normalized spacial score (nSPS) is 15.9. The second kappa shape index (κ2) is 7.14. The molecule has 0 saturated carbocycles. The fourth-order valence-corrected chi connectivity index (χ4v) is 2.96. The second-order valence-corrected chi connectivity index (χ2v) is 6.66. The molecule has 0 unspecified atom stereocenters. The van der Waals surface area contributed by atoms with E-state index in [4.69, 9.17) is 4.74 Å². The van der Waals surface area contributed by atoms with E-state index in [-0.39, 0.29) is 11.8 Å². The number of amides is 1. The Kier molecular flexibility index (Phi) is 4.94. The predicted octanol–water partition coefficient (Wildman–Crippen LogP) is 2.14. The molecule has 3 rings (SSSR count). The van der Waals surface area contributed by atoms with Crippen molar-refractivity contribution in [2.45, 2.75) is 38.2 Å². The topological polar surface area (TPSA) is 88.4 Å². The van der Waals surface area contributed by atoms with Crippen LogP contribution >= 0.6 is 0 Å². The lowest BCUT2D eigenvalue weighted by atomic mass is 9.92. The number of carbonyl (C=O) groups excluding carboxylic acids is 1. The third kappa shape index (κ3) is 4.11. The van der Waals surface area contributed by atoms with Crippen molar-refractivity contribution in [2.24, 2.45) is 0 Å². The van der Waals surface area contributed by atoms with Gasteiger partial charge in [0, 0.05) is 37.6 Å². The molecule has 7 nitrogen and oxygen atoms in total. The summed E-state index contributed by atoms with van der Waals surface area (Å²) in [4.78, 5) is 26.7. The number of piperidine rings is 1. The molecule has 1 saturated heterocycles. The fourth-order valence-electron chi connectivity index (χ4n) is 2.96. The van der Waals surface area contributed by atoms with Gasteiger partial charge in [-0.25, -0.2) is 4.98 Å². The highest BCUT2D eigenvalue weighted by Gasteiger charge is 2.33. The highest BCUT2D eigenvalue weighted by molar-refractivity contribution is 5.84. The molecular weight excluding hydrogens is 320 g/mol. The number of ether oxygens (including phenoxy) is 1. The minimum Gasteiger partial charge on any atom is -0.436 e. The summed E-state index contributed by atoms with van der Waals surface area (Å²) in [6, 6.07) is 3.61. The molecule has 1 aliphatic rings. The first kappa shape index (κ1) is 17.3. The average molecular weight is 342 g/mol. The Morgan fingerprint density at radius 1 is 1.24 bits per heavy atom. The van der Waals surface area contributed by atoms with E-state index in [0.29, 0.717) is 24.7 Å². The van der Waals surface area contributed by atoms with Gasteiger partial charge in [-0.1, -0.05) is 0 Å². The fraction of sp³-hybridized carbons (Fsp3) is 0.444. The van der Waals surface area contributed by atoms with Crippen LogP contribution in [-0.2, 0) is 4.79 Å². The van der Waals surface area contributed by atoms with Gasteiger partial charge < -0.3 is 14.7 Å². The van der Waals surface area contributed by atoms with Crippen molar-refractivity contribution in [2.75, 3.05) is 13.1 Å². The predicted molar refractivity (Wildman–Crippen MR) is 91.2 cm³/mol. The Balaban J connectivity index is 1.71. The number of nitrogens with zero attached hydrogens (tertiary/aromatic N) is 4. The van der Waals surface area contributed by atoms with Crippen LogP contribution in [0.1, 0.15) is 38.3 Å². The smallest absolute Gasteiger partial charge is 0.253 e. The Labute approximate surface area is 146 Å². The van der Waals surface area contributed by atoms with Crippen molar-refractivity contribution in [3.8, 4) is 11.6 Å². The summed E-state index contributed by atoms with van der Waals surface area (Å²) >= 11 is 0. The van der Waals surface area contributed by atoms with Crippen molar-refractivity contribution >= 4 is 5.91 Å². The van der Waals surface area contributed by atoms with Crippen LogP contribution in [0.2, 0.25) is 0 Å². The van der Waals surface area contributed by atoms with Gasteiger partial charge in [0.15, 0.2) is 0 Å². The first-order chi connectivity index (χ1) is 11.9. The largest absolute Gasteiger partial charge is 0.436 e. The van der Waals surface area contributed by atoms with Gasteiger partial charge in [-0.05, 0) is 38.8 Å². The van der Waals surface area contributed by atoms with Crippen LogP contribution in [-0.4, -0.2) is 49.6 Å². The maximum Gasteiger partial charge on any atom is 0.253 e. The van der Waals surface area contributed by atoms with E-state index in [1.54, 1.807) is 35.8 Å². The van der Waals surface area contributed by atoms with Gasteiger partial charge in [0.05, 0.1) is 6.20 Å². The zero-order valence-electron chi connectivity index (χ0n) is 14.4. The van der Waals surface area contributed by atoms with Gasteiger partial charge in [-0.3, -0.25) is 14.8 Å². The molecule has 132 valence electrons. The number of likely N-dealkylation sites (tertiary alicyclic amines) is 1. The SMILES string of the molecule is CC(C)(O)C(=O)N1CCC(c2nccnc2Oc2cccnc2)CC1. The Hall–Kier alpha value is -2.54. The molecule has 1 amide bonds. The molecule has 25 heavy (non-hydrogen) atoms. The maximum absolute atomic E-state index is 12.2. The molecule has 1 aliphatic heterocycles. The molecular formula is C18H22N4O3. The summed E-state index contributed by atoms with van der Waals surface area (Å²) in [6.45, 7) is 4.20. The average Bonchev–Trinajstić information content (AvgIpc) is 2.62. The van der Waals surface area contributed by atoms with E-state index < -0.39 is 5.60 Å². The highest BCUT2D eigenvalue weighted by Crippen LogP contribution is 2.33. The van der Waals surface area contributed by atoms with Gasteiger partial charge in [-0.15, -0.1) is 0 Å². The molecule has 0 aliphatic carbocycles. The summed E-state index contributed by atoms with van der Waals surface area (Å²) in [5.74, 6) is 1.00. The third-order valence-electron chi connectivity index (χ3n) is 4.23. The summed E-state index contributed by atoms with van der Waals surface area (Å²) in [5, 5.41) is 9.89. The minimum absolute atomic E-state index is 0.159. The monoisotopic (exact) mass is 342 g/mol. The van der Waals surface area contributed by atoms with Crippen LogP contribution in [0.3, 0.4) is 0 Å². The maximum atomic E-state index is 12.2. The number of pyridine rings is 1. The van der Waals surface area contributed by atoms with Gasteiger partial charge >= 0.3 is 0 Å². The molecule has 3 heterocycles. The summed E-state index contributed by atoms with van der Waals surface area (Å²) < 4.78 is 5.83. The molecule has 1 N–H and O–H groups in total. The molecule has 2 aromatic rings. The van der Waals surface area contributed by atoms with Crippen LogP contribution in [0.15, 0.2) is 36.9 Å². The van der Waals surface area contributed by atoms with E-state index in [1.807, 2.05) is 6.07 Å². The molecule has 0 spiro atoms. The zero-order chi connectivity index (χ0) is 17.9. The Morgan fingerprint density at radius 3 is 2.60 bits per heavy atom. The lowest BCUT2D eigenvalue weighted by Gasteiger charge is -2.35. The molecule has 0 aromatic carbocycles. The number of rotatable bonds is 4. The molecule has 0 bridgehead atoms. The highest BCUT2D eigenvalue weighted by atomic mass is 16.5. The van der Waals surface area contributed by atoms with Crippen LogP contribution in [0, 0.1) is 0 Å². The van der Waals surface area contributed by atoms with Crippen LogP contribution in [0.25, 0.3) is 0 Å². The summed E-state index contributed by atoms with van der Waals surface area (Å²) in [6.07, 6.45) is 8.07. The van der Waals surface area contributed by atoms with Gasteiger partial charge in [-0.2, -0.15) is 0 Å². The van der Waals surface area contributed by atoms with Crippen molar-refractivity contribution in [1.29, 1.82) is 0 Å². The molecule has 0 radical (unpaired) electrons. The van der Waals surface area contributed by atoms with E-state index >= 15 is 0 Å². The lowest BCUT2D eigenvalue weighted by molar-refractivity contribution is -0.148.